The Balaban J connectivity index is 1.59. The highest BCUT2D eigenvalue weighted by Gasteiger charge is 2.15. The number of amides is 1. The molecule has 0 bridgehead atoms. The van der Waals surface area contributed by atoms with Crippen molar-refractivity contribution < 1.29 is 13.9 Å². The zero-order valence-corrected chi connectivity index (χ0v) is 17.1. The molecule has 7 nitrogen and oxygen atoms in total. The highest BCUT2D eigenvalue weighted by atomic mass is 32.1. The largest absolute Gasteiger partial charge is 0.481 e. The molecule has 0 fully saturated rings. The van der Waals surface area contributed by atoms with Crippen molar-refractivity contribution in [3.63, 3.8) is 0 Å². The van der Waals surface area contributed by atoms with E-state index in [2.05, 4.69) is 15.4 Å². The molecule has 2 aromatic heterocycles. The van der Waals surface area contributed by atoms with Crippen LogP contribution in [0.2, 0.25) is 0 Å². The predicted octanol–water partition coefficient (Wildman–Crippen LogP) is 2.71. The monoisotopic (exact) mass is 416 g/mol. The van der Waals surface area contributed by atoms with Gasteiger partial charge in [-0.05, 0) is 51.1 Å². The highest BCUT2D eigenvalue weighted by molar-refractivity contribution is 7.15. The Bertz CT molecular complexity index is 1060. The molecule has 29 heavy (non-hydrogen) atoms. The first-order chi connectivity index (χ1) is 13.8. The average molecular weight is 416 g/mol. The minimum atomic E-state index is -0.765. The zero-order valence-electron chi connectivity index (χ0n) is 16.3. The number of hydrogen-bond donors (Lipinski definition) is 1. The lowest BCUT2D eigenvalue weighted by molar-refractivity contribution is -0.127. The molecule has 1 amide bonds. The van der Waals surface area contributed by atoms with Gasteiger partial charge in [-0.25, -0.2) is 14.1 Å². The number of halogens is 1. The summed E-state index contributed by atoms with van der Waals surface area (Å²) in [6.07, 6.45) is -0.765. The van der Waals surface area contributed by atoms with Gasteiger partial charge in [0.1, 0.15) is 17.3 Å². The van der Waals surface area contributed by atoms with Crippen molar-refractivity contribution in [2.24, 2.45) is 0 Å². The normalized spacial score (nSPS) is 11.9. The third-order valence-corrected chi connectivity index (χ3v) is 5.22. The van der Waals surface area contributed by atoms with E-state index in [1.807, 2.05) is 13.8 Å². The van der Waals surface area contributed by atoms with E-state index in [0.29, 0.717) is 11.4 Å². The van der Waals surface area contributed by atoms with Gasteiger partial charge in [0.05, 0.1) is 22.1 Å². The van der Waals surface area contributed by atoms with Crippen molar-refractivity contribution in [1.29, 1.82) is 0 Å². The fraction of sp³-hybridized carbons (Fsp3) is 0.300. The number of thiazole rings is 1. The molecule has 1 atom stereocenters. The van der Waals surface area contributed by atoms with Gasteiger partial charge in [0.25, 0.3) is 11.5 Å². The number of carbonyl (C=O) groups excluding carboxylic acids is 1. The number of aryl methyl sites for hydroxylation is 2. The Kier molecular flexibility index (Phi) is 6.38. The third-order valence-electron chi connectivity index (χ3n) is 4.12. The van der Waals surface area contributed by atoms with Crippen molar-refractivity contribution in [3.8, 4) is 16.3 Å². The van der Waals surface area contributed by atoms with Crippen molar-refractivity contribution in [1.82, 2.24) is 20.1 Å². The molecule has 152 valence electrons. The van der Waals surface area contributed by atoms with Gasteiger partial charge in [0.2, 0.25) is 0 Å². The van der Waals surface area contributed by atoms with E-state index in [4.69, 9.17) is 4.74 Å². The predicted molar refractivity (Wildman–Crippen MR) is 109 cm³/mol. The van der Waals surface area contributed by atoms with Crippen LogP contribution in [-0.2, 0) is 11.3 Å². The quantitative estimate of drug-likeness (QED) is 0.640. The summed E-state index contributed by atoms with van der Waals surface area (Å²) in [4.78, 5) is 29.6. The highest BCUT2D eigenvalue weighted by Crippen LogP contribution is 2.27. The number of carbonyl (C=O) groups is 1. The molecule has 2 heterocycles. The molecule has 1 N–H and O–H groups in total. The van der Waals surface area contributed by atoms with Crippen LogP contribution in [0.1, 0.15) is 17.6 Å². The molecule has 0 aliphatic rings. The van der Waals surface area contributed by atoms with E-state index in [1.54, 1.807) is 13.0 Å². The van der Waals surface area contributed by atoms with Crippen molar-refractivity contribution >= 4 is 17.2 Å². The number of ether oxygens (including phenoxy) is 1. The average Bonchev–Trinajstić information content (AvgIpc) is 3.03. The van der Waals surface area contributed by atoms with Gasteiger partial charge < -0.3 is 10.1 Å². The molecule has 0 saturated carbocycles. The molecule has 0 aliphatic carbocycles. The maximum absolute atomic E-state index is 12.9. The summed E-state index contributed by atoms with van der Waals surface area (Å²) >= 11 is 1.52. The topological polar surface area (TPSA) is 86.1 Å². The molecule has 0 spiro atoms. The molecule has 9 heteroatoms. The van der Waals surface area contributed by atoms with E-state index in [1.165, 1.54) is 46.4 Å². The van der Waals surface area contributed by atoms with Crippen LogP contribution in [0.3, 0.4) is 0 Å². The van der Waals surface area contributed by atoms with Crippen LogP contribution in [0.4, 0.5) is 4.39 Å². The van der Waals surface area contributed by atoms with E-state index < -0.39 is 6.10 Å². The van der Waals surface area contributed by atoms with Gasteiger partial charge in [0.15, 0.2) is 6.10 Å². The minimum Gasteiger partial charge on any atom is -0.481 e. The van der Waals surface area contributed by atoms with Gasteiger partial charge in [-0.1, -0.05) is 0 Å². The van der Waals surface area contributed by atoms with E-state index in [0.717, 1.165) is 15.6 Å². The van der Waals surface area contributed by atoms with Crippen LogP contribution in [0.5, 0.6) is 5.75 Å². The number of rotatable bonds is 7. The second-order valence-corrected chi connectivity index (χ2v) is 7.64. The number of benzene rings is 1. The Morgan fingerprint density at radius 1 is 1.24 bits per heavy atom. The maximum Gasteiger partial charge on any atom is 0.266 e. The summed E-state index contributed by atoms with van der Waals surface area (Å²) in [5.74, 6) is -0.319. The number of aromatic nitrogens is 3. The van der Waals surface area contributed by atoms with E-state index in [9.17, 15) is 14.0 Å². The summed E-state index contributed by atoms with van der Waals surface area (Å²) in [5, 5.41) is 8.04. The Labute approximate surface area is 171 Å². The number of hydrogen-bond acceptors (Lipinski definition) is 6. The lowest BCUT2D eigenvalue weighted by Gasteiger charge is -2.15. The first-order valence-electron chi connectivity index (χ1n) is 9.06. The lowest BCUT2D eigenvalue weighted by Crippen LogP contribution is -2.39. The lowest BCUT2D eigenvalue weighted by atomic mass is 10.3. The van der Waals surface area contributed by atoms with Crippen molar-refractivity contribution in [2.45, 2.75) is 33.4 Å². The van der Waals surface area contributed by atoms with E-state index >= 15 is 0 Å². The third kappa shape index (κ3) is 5.26. The number of nitrogens with one attached hydrogen (secondary N) is 1. The second kappa shape index (κ2) is 8.95. The van der Waals surface area contributed by atoms with Crippen LogP contribution in [0, 0.1) is 19.7 Å². The van der Waals surface area contributed by atoms with Crippen LogP contribution in [0.15, 0.2) is 41.2 Å². The van der Waals surface area contributed by atoms with E-state index in [-0.39, 0.29) is 30.4 Å². The Morgan fingerprint density at radius 3 is 2.62 bits per heavy atom. The fourth-order valence-corrected chi connectivity index (χ4v) is 3.58. The van der Waals surface area contributed by atoms with Crippen LogP contribution < -0.4 is 15.6 Å². The van der Waals surface area contributed by atoms with Gasteiger partial charge in [-0.3, -0.25) is 9.59 Å². The van der Waals surface area contributed by atoms with Gasteiger partial charge in [0, 0.05) is 12.6 Å². The van der Waals surface area contributed by atoms with Gasteiger partial charge in [-0.15, -0.1) is 11.3 Å². The standard InChI is InChI=1S/C20H21FN4O3S/c1-12-19(29-14(3)23-12)17-8-9-18(26)25(24-17)11-10-22-20(27)13(2)28-16-6-4-15(21)5-7-16/h4-9,13H,10-11H2,1-3H3,(H,22,27). The SMILES string of the molecule is Cc1nc(C)c(-c2ccc(=O)n(CCNC(=O)C(C)Oc3ccc(F)cc3)n2)s1. The molecular formula is C20H21FN4O3S. The van der Waals surface area contributed by atoms with Crippen molar-refractivity contribution in [3.05, 3.63) is 63.3 Å². The Morgan fingerprint density at radius 2 is 1.97 bits per heavy atom. The van der Waals surface area contributed by atoms with Gasteiger partial charge in [-0.2, -0.15) is 5.10 Å². The molecule has 0 aliphatic heterocycles. The van der Waals surface area contributed by atoms with Gasteiger partial charge >= 0.3 is 0 Å². The van der Waals surface area contributed by atoms with Crippen LogP contribution in [-0.4, -0.2) is 33.3 Å². The smallest absolute Gasteiger partial charge is 0.266 e. The molecule has 3 aromatic rings. The molecular weight excluding hydrogens is 395 g/mol. The molecule has 1 aromatic carbocycles. The zero-order chi connectivity index (χ0) is 21.0. The maximum atomic E-state index is 12.9. The Hall–Kier alpha value is -3.07. The molecule has 3 rings (SSSR count). The molecule has 1 unspecified atom stereocenters. The van der Waals surface area contributed by atoms with Crippen LogP contribution >= 0.6 is 11.3 Å². The fourth-order valence-electron chi connectivity index (χ4n) is 2.70. The second-order valence-electron chi connectivity index (χ2n) is 6.43. The summed E-state index contributed by atoms with van der Waals surface area (Å²) in [6, 6.07) is 8.57. The first kappa shape index (κ1) is 20.7. The van der Waals surface area contributed by atoms with Crippen molar-refractivity contribution in [2.75, 3.05) is 6.54 Å². The number of nitrogens with zero attached hydrogens (tertiary/aromatic N) is 3. The molecule has 0 radical (unpaired) electrons. The summed E-state index contributed by atoms with van der Waals surface area (Å²) in [7, 11) is 0. The summed E-state index contributed by atoms with van der Waals surface area (Å²) < 4.78 is 19.7. The minimum absolute atomic E-state index is 0.215. The summed E-state index contributed by atoms with van der Waals surface area (Å²) in [5.41, 5.74) is 1.29. The molecule has 0 saturated heterocycles. The summed E-state index contributed by atoms with van der Waals surface area (Å²) in [6.45, 7) is 5.85. The van der Waals surface area contributed by atoms with Crippen LogP contribution in [0.25, 0.3) is 10.6 Å². The first-order valence-corrected chi connectivity index (χ1v) is 9.87.